The molecule has 0 fully saturated rings. The lowest BCUT2D eigenvalue weighted by atomic mass is 10.1. The van der Waals surface area contributed by atoms with E-state index in [2.05, 4.69) is 0 Å². The van der Waals surface area contributed by atoms with Crippen LogP contribution in [-0.4, -0.2) is 37.2 Å². The molecule has 0 aromatic rings. The van der Waals surface area contributed by atoms with E-state index in [0.717, 1.165) is 0 Å². The van der Waals surface area contributed by atoms with Gasteiger partial charge in [0.15, 0.2) is 0 Å². The lowest BCUT2D eigenvalue weighted by Gasteiger charge is -2.26. The van der Waals surface area contributed by atoms with Crippen molar-refractivity contribution in [1.82, 2.24) is 0 Å². The van der Waals surface area contributed by atoms with Crippen LogP contribution in [0.15, 0.2) is 0 Å². The van der Waals surface area contributed by atoms with Crippen molar-refractivity contribution in [2.75, 3.05) is 0 Å². The van der Waals surface area contributed by atoms with Crippen LogP contribution in [-0.2, 0) is 14.2 Å². The molecule has 9 heteroatoms. The van der Waals surface area contributed by atoms with Crippen molar-refractivity contribution < 1.29 is 34.2 Å². The number of hydrogen-bond acceptors (Lipinski definition) is 4. The van der Waals surface area contributed by atoms with E-state index in [9.17, 15) is 14.2 Å². The largest absolute Gasteiger partial charge is 0.481 e. The molecule has 0 rings (SSSR count). The first-order valence-corrected chi connectivity index (χ1v) is 4.98. The summed E-state index contributed by atoms with van der Waals surface area (Å²) in [6, 6.07) is 0. The number of carboxylic acid groups (broad SMARTS) is 2. The van der Waals surface area contributed by atoms with E-state index < -0.39 is 37.7 Å². The van der Waals surface area contributed by atoms with Crippen molar-refractivity contribution in [2.45, 2.75) is 18.1 Å². The van der Waals surface area contributed by atoms with E-state index in [1.807, 2.05) is 0 Å². The van der Waals surface area contributed by atoms with Crippen LogP contribution in [0.4, 0.5) is 0 Å². The molecule has 0 atom stereocenters. The Kier molecular flexibility index (Phi) is 3.78. The maximum Gasteiger partial charge on any atom is 0.346 e. The minimum Gasteiger partial charge on any atom is -0.481 e. The Morgan fingerprint density at radius 1 is 1.14 bits per heavy atom. The van der Waals surface area contributed by atoms with Crippen molar-refractivity contribution >= 4 is 19.5 Å². The summed E-state index contributed by atoms with van der Waals surface area (Å²) < 4.78 is 10.8. The van der Waals surface area contributed by atoms with Gasteiger partial charge in [-0.2, -0.15) is 0 Å². The minimum atomic E-state index is -4.98. The minimum absolute atomic E-state index is 1.11. The Hall–Kier alpha value is -0.950. The van der Waals surface area contributed by atoms with Gasteiger partial charge in [-0.1, -0.05) is 0 Å². The molecule has 0 aliphatic rings. The van der Waals surface area contributed by atoms with Crippen molar-refractivity contribution in [3.8, 4) is 0 Å². The van der Waals surface area contributed by atoms with Crippen LogP contribution in [0, 0.1) is 0 Å². The first kappa shape index (κ1) is 13.1. The Labute approximate surface area is 78.5 Å². The smallest absolute Gasteiger partial charge is 0.346 e. The van der Waals surface area contributed by atoms with Crippen molar-refractivity contribution in [2.24, 2.45) is 5.73 Å². The fourth-order valence-corrected chi connectivity index (χ4v) is 1.47. The third-order valence-corrected chi connectivity index (χ3v) is 2.97. The number of nitrogens with two attached hydrogens (primary N) is 1. The fourth-order valence-electron chi connectivity index (χ4n) is 0.792. The molecule has 0 spiro atoms. The van der Waals surface area contributed by atoms with Gasteiger partial charge in [0, 0.05) is 0 Å². The molecule has 0 aromatic heterocycles. The van der Waals surface area contributed by atoms with Crippen molar-refractivity contribution in [3.63, 3.8) is 0 Å². The van der Waals surface area contributed by atoms with Gasteiger partial charge < -0.3 is 25.7 Å². The summed E-state index contributed by atoms with van der Waals surface area (Å²) in [4.78, 5) is 37.8. The molecule has 0 aliphatic heterocycles. The SMILES string of the molecule is NC(CC(=O)O)(CC(=O)O)P(=O)(O)O. The van der Waals surface area contributed by atoms with Crippen LogP contribution in [0.1, 0.15) is 12.8 Å². The zero-order valence-corrected chi connectivity index (χ0v) is 7.85. The van der Waals surface area contributed by atoms with Crippen LogP contribution in [0.3, 0.4) is 0 Å². The molecule has 0 heterocycles. The summed E-state index contributed by atoms with van der Waals surface area (Å²) in [5.74, 6) is -3.14. The molecule has 0 amide bonds. The predicted octanol–water partition coefficient (Wildman–Crippen LogP) is -1.23. The van der Waals surface area contributed by atoms with Crippen LogP contribution in [0.2, 0.25) is 0 Å². The van der Waals surface area contributed by atoms with Crippen LogP contribution in [0.5, 0.6) is 0 Å². The topological polar surface area (TPSA) is 158 Å². The Balaban J connectivity index is 4.95. The van der Waals surface area contributed by atoms with Gasteiger partial charge in [0.05, 0.1) is 12.8 Å². The third kappa shape index (κ3) is 3.43. The van der Waals surface area contributed by atoms with Gasteiger partial charge in [-0.25, -0.2) is 0 Å². The zero-order chi connectivity index (χ0) is 11.6. The summed E-state index contributed by atoms with van der Waals surface area (Å²) in [6.45, 7) is 0. The van der Waals surface area contributed by atoms with Gasteiger partial charge >= 0.3 is 19.5 Å². The van der Waals surface area contributed by atoms with Crippen LogP contribution in [0.25, 0.3) is 0 Å². The molecule has 0 saturated heterocycles. The normalized spacial score (nSPS) is 12.5. The second-order valence-corrected chi connectivity index (χ2v) is 4.77. The van der Waals surface area contributed by atoms with Crippen molar-refractivity contribution in [1.29, 1.82) is 0 Å². The lowest BCUT2D eigenvalue weighted by Crippen LogP contribution is -2.43. The van der Waals surface area contributed by atoms with Gasteiger partial charge in [-0.3, -0.25) is 14.2 Å². The highest BCUT2D eigenvalue weighted by molar-refractivity contribution is 7.53. The summed E-state index contributed by atoms with van der Waals surface area (Å²) >= 11 is 0. The Morgan fingerprint density at radius 3 is 1.57 bits per heavy atom. The maximum absolute atomic E-state index is 10.8. The number of aliphatic carboxylic acids is 2. The maximum atomic E-state index is 10.8. The molecular formula is C5H10NO7P. The summed E-state index contributed by atoms with van der Waals surface area (Å²) in [6.07, 6.45) is -2.22. The standard InChI is InChI=1S/C5H10NO7P/c6-5(1-3(7)8,2-4(9)10)14(11,12)13/h1-2,6H2,(H,7,8)(H,9,10)(H2,11,12,13). The van der Waals surface area contributed by atoms with E-state index >= 15 is 0 Å². The molecule has 0 aliphatic carbocycles. The second kappa shape index (κ2) is 4.05. The van der Waals surface area contributed by atoms with Gasteiger partial charge in [0.25, 0.3) is 0 Å². The number of hydrogen-bond donors (Lipinski definition) is 5. The van der Waals surface area contributed by atoms with E-state index in [0.29, 0.717) is 0 Å². The average Bonchev–Trinajstić information content (AvgIpc) is 1.78. The summed E-state index contributed by atoms with van der Waals surface area (Å²) in [7, 11) is -4.98. The van der Waals surface area contributed by atoms with E-state index in [-0.39, 0.29) is 0 Å². The number of carbonyl (C=O) groups is 2. The quantitative estimate of drug-likeness (QED) is 0.365. The molecule has 82 valence electrons. The number of rotatable bonds is 5. The van der Waals surface area contributed by atoms with Gasteiger partial charge in [-0.05, 0) is 0 Å². The Bertz CT molecular complexity index is 278. The highest BCUT2D eigenvalue weighted by Gasteiger charge is 2.46. The van der Waals surface area contributed by atoms with Crippen LogP contribution >= 0.6 is 7.60 Å². The zero-order valence-electron chi connectivity index (χ0n) is 6.95. The molecule has 0 radical (unpaired) electrons. The molecule has 0 unspecified atom stereocenters. The predicted molar refractivity (Wildman–Crippen MR) is 43.5 cm³/mol. The molecule has 14 heavy (non-hydrogen) atoms. The van der Waals surface area contributed by atoms with E-state index in [1.54, 1.807) is 0 Å². The van der Waals surface area contributed by atoms with E-state index in [4.69, 9.17) is 25.7 Å². The molecular weight excluding hydrogens is 217 g/mol. The fraction of sp³-hybridized carbons (Fsp3) is 0.600. The monoisotopic (exact) mass is 227 g/mol. The number of carboxylic acids is 2. The highest BCUT2D eigenvalue weighted by Crippen LogP contribution is 2.50. The molecule has 0 saturated carbocycles. The van der Waals surface area contributed by atoms with Crippen molar-refractivity contribution in [3.05, 3.63) is 0 Å². The van der Waals surface area contributed by atoms with Gasteiger partial charge in [0.1, 0.15) is 5.28 Å². The van der Waals surface area contributed by atoms with Crippen LogP contribution < -0.4 is 5.73 Å². The Morgan fingerprint density at radius 2 is 1.43 bits per heavy atom. The summed E-state index contributed by atoms with van der Waals surface area (Å²) in [5, 5.41) is 14.1. The molecule has 6 N–H and O–H groups in total. The summed E-state index contributed by atoms with van der Waals surface area (Å²) in [5.41, 5.74) is 5.05. The molecule has 0 bridgehead atoms. The third-order valence-electron chi connectivity index (χ3n) is 1.49. The van der Waals surface area contributed by atoms with E-state index in [1.165, 1.54) is 0 Å². The average molecular weight is 227 g/mol. The highest BCUT2D eigenvalue weighted by atomic mass is 31.2. The second-order valence-electron chi connectivity index (χ2n) is 2.79. The molecule has 0 aromatic carbocycles. The lowest BCUT2D eigenvalue weighted by molar-refractivity contribution is -0.140. The first-order valence-electron chi connectivity index (χ1n) is 3.36. The van der Waals surface area contributed by atoms with Gasteiger partial charge in [0.2, 0.25) is 0 Å². The van der Waals surface area contributed by atoms with Gasteiger partial charge in [-0.15, -0.1) is 0 Å². The first-order chi connectivity index (χ1) is 6.08. The molecule has 8 nitrogen and oxygen atoms in total.